The Labute approximate surface area is 112 Å². The van der Waals surface area contributed by atoms with E-state index in [1.54, 1.807) is 31.3 Å². The number of ether oxygens (including phenoxy) is 1. The normalized spacial score (nSPS) is 11.7. The smallest absolute Gasteiger partial charge is 0.251 e. The SMILES string of the molecule is CNC(=O)c1cccc(NC(=O)CC(CN)OC)c1. The molecule has 0 aliphatic carbocycles. The highest BCUT2D eigenvalue weighted by Crippen LogP contribution is 2.11. The third-order valence-electron chi connectivity index (χ3n) is 2.64. The summed E-state index contributed by atoms with van der Waals surface area (Å²) < 4.78 is 5.04. The van der Waals surface area contributed by atoms with Crippen LogP contribution in [0, 0.1) is 0 Å². The highest BCUT2D eigenvalue weighted by Gasteiger charge is 2.12. The van der Waals surface area contributed by atoms with Gasteiger partial charge >= 0.3 is 0 Å². The number of hydrogen-bond acceptors (Lipinski definition) is 4. The van der Waals surface area contributed by atoms with Gasteiger partial charge < -0.3 is 21.1 Å². The summed E-state index contributed by atoms with van der Waals surface area (Å²) in [5.41, 5.74) is 6.50. The zero-order valence-electron chi connectivity index (χ0n) is 11.1. The fourth-order valence-electron chi connectivity index (χ4n) is 1.56. The second-order valence-electron chi connectivity index (χ2n) is 4.01. The van der Waals surface area contributed by atoms with Gasteiger partial charge in [0.05, 0.1) is 12.5 Å². The standard InChI is InChI=1S/C13H19N3O3/c1-15-13(18)9-4-3-5-10(6-9)16-12(17)7-11(8-14)19-2/h3-6,11H,7-8,14H2,1-2H3,(H,15,18)(H,16,17). The van der Waals surface area contributed by atoms with Gasteiger partial charge in [0.1, 0.15) is 0 Å². The number of hydrogen-bond donors (Lipinski definition) is 3. The van der Waals surface area contributed by atoms with Crippen LogP contribution in [0.15, 0.2) is 24.3 Å². The second-order valence-corrected chi connectivity index (χ2v) is 4.01. The van der Waals surface area contributed by atoms with Crippen molar-refractivity contribution >= 4 is 17.5 Å². The summed E-state index contributed by atoms with van der Waals surface area (Å²) in [4.78, 5) is 23.2. The van der Waals surface area contributed by atoms with Gasteiger partial charge in [-0.3, -0.25) is 9.59 Å². The van der Waals surface area contributed by atoms with Crippen molar-refractivity contribution in [2.24, 2.45) is 5.73 Å². The number of nitrogens with two attached hydrogens (primary N) is 1. The maximum Gasteiger partial charge on any atom is 0.251 e. The predicted octanol–water partition coefficient (Wildman–Crippen LogP) is 0.349. The van der Waals surface area contributed by atoms with Crippen molar-refractivity contribution in [3.8, 4) is 0 Å². The maximum absolute atomic E-state index is 11.7. The molecule has 0 saturated carbocycles. The van der Waals surface area contributed by atoms with Crippen molar-refractivity contribution in [1.29, 1.82) is 0 Å². The lowest BCUT2D eigenvalue weighted by Crippen LogP contribution is -2.28. The summed E-state index contributed by atoms with van der Waals surface area (Å²) in [6.45, 7) is 0.280. The van der Waals surface area contributed by atoms with E-state index in [1.807, 2.05) is 0 Å². The number of benzene rings is 1. The maximum atomic E-state index is 11.7. The fraction of sp³-hybridized carbons (Fsp3) is 0.385. The highest BCUT2D eigenvalue weighted by molar-refractivity contribution is 5.97. The Balaban J connectivity index is 2.66. The molecular weight excluding hydrogens is 246 g/mol. The lowest BCUT2D eigenvalue weighted by molar-refractivity contribution is -0.118. The molecule has 0 aromatic heterocycles. The van der Waals surface area contributed by atoms with Crippen molar-refractivity contribution in [3.05, 3.63) is 29.8 Å². The average Bonchev–Trinajstić information content (AvgIpc) is 2.44. The van der Waals surface area contributed by atoms with Crippen molar-refractivity contribution in [1.82, 2.24) is 5.32 Å². The van der Waals surface area contributed by atoms with Gasteiger partial charge in [0.2, 0.25) is 5.91 Å². The monoisotopic (exact) mass is 265 g/mol. The number of anilines is 1. The van der Waals surface area contributed by atoms with Gasteiger partial charge in [0.25, 0.3) is 5.91 Å². The number of carbonyl (C=O) groups is 2. The van der Waals surface area contributed by atoms with Crippen LogP contribution in [-0.2, 0) is 9.53 Å². The number of nitrogens with one attached hydrogen (secondary N) is 2. The number of rotatable bonds is 6. The minimum absolute atomic E-state index is 0.178. The van der Waals surface area contributed by atoms with Crippen molar-refractivity contribution in [2.45, 2.75) is 12.5 Å². The van der Waals surface area contributed by atoms with E-state index in [4.69, 9.17) is 10.5 Å². The van der Waals surface area contributed by atoms with Crippen molar-refractivity contribution in [2.75, 3.05) is 26.0 Å². The first-order valence-electron chi connectivity index (χ1n) is 5.95. The van der Waals surface area contributed by atoms with E-state index in [0.29, 0.717) is 11.3 Å². The average molecular weight is 265 g/mol. The van der Waals surface area contributed by atoms with Crippen LogP contribution in [0.5, 0.6) is 0 Å². The molecule has 0 saturated heterocycles. The molecule has 6 nitrogen and oxygen atoms in total. The van der Waals surface area contributed by atoms with Crippen LogP contribution in [-0.4, -0.2) is 38.6 Å². The fourth-order valence-corrected chi connectivity index (χ4v) is 1.56. The van der Waals surface area contributed by atoms with Crippen LogP contribution in [0.1, 0.15) is 16.8 Å². The van der Waals surface area contributed by atoms with Gasteiger partial charge in [-0.05, 0) is 18.2 Å². The van der Waals surface area contributed by atoms with Crippen molar-refractivity contribution < 1.29 is 14.3 Å². The van der Waals surface area contributed by atoms with E-state index < -0.39 is 0 Å². The molecule has 0 bridgehead atoms. The van der Waals surface area contributed by atoms with E-state index in [2.05, 4.69) is 10.6 Å². The molecule has 0 heterocycles. The Hall–Kier alpha value is -1.92. The minimum atomic E-state index is -0.304. The molecule has 1 aromatic rings. The van der Waals surface area contributed by atoms with Gasteiger partial charge in [-0.15, -0.1) is 0 Å². The quantitative estimate of drug-likeness (QED) is 0.692. The highest BCUT2D eigenvalue weighted by atomic mass is 16.5. The van der Waals surface area contributed by atoms with E-state index in [1.165, 1.54) is 7.11 Å². The first-order chi connectivity index (χ1) is 9.10. The summed E-state index contributed by atoms with van der Waals surface area (Å²) >= 11 is 0. The van der Waals surface area contributed by atoms with Gasteiger partial charge in [0, 0.05) is 32.0 Å². The zero-order valence-corrected chi connectivity index (χ0v) is 11.1. The molecule has 2 amide bonds. The molecule has 0 radical (unpaired) electrons. The topological polar surface area (TPSA) is 93.5 Å². The van der Waals surface area contributed by atoms with Gasteiger partial charge in [-0.2, -0.15) is 0 Å². The van der Waals surface area contributed by atoms with E-state index in [9.17, 15) is 9.59 Å². The largest absolute Gasteiger partial charge is 0.380 e. The van der Waals surface area contributed by atoms with E-state index >= 15 is 0 Å². The molecule has 104 valence electrons. The van der Waals surface area contributed by atoms with Gasteiger partial charge in [0.15, 0.2) is 0 Å². The summed E-state index contributed by atoms with van der Waals surface area (Å²) in [6, 6.07) is 6.71. The molecule has 1 unspecified atom stereocenters. The van der Waals surface area contributed by atoms with Gasteiger partial charge in [-0.25, -0.2) is 0 Å². The first-order valence-corrected chi connectivity index (χ1v) is 5.95. The Morgan fingerprint density at radius 2 is 2.16 bits per heavy atom. The van der Waals surface area contributed by atoms with Crippen LogP contribution in [0.4, 0.5) is 5.69 Å². The van der Waals surface area contributed by atoms with E-state index in [0.717, 1.165) is 0 Å². The molecule has 19 heavy (non-hydrogen) atoms. The Morgan fingerprint density at radius 1 is 1.42 bits per heavy atom. The number of amides is 2. The lowest BCUT2D eigenvalue weighted by atomic mass is 10.1. The zero-order chi connectivity index (χ0) is 14.3. The summed E-state index contributed by atoms with van der Waals surface area (Å²) in [6.07, 6.45) is -0.126. The minimum Gasteiger partial charge on any atom is -0.380 e. The molecule has 4 N–H and O–H groups in total. The number of methoxy groups -OCH3 is 1. The molecule has 1 rings (SSSR count). The second kappa shape index (κ2) is 7.50. The summed E-state index contributed by atoms with van der Waals surface area (Å²) in [7, 11) is 3.06. The third-order valence-corrected chi connectivity index (χ3v) is 2.64. The van der Waals surface area contributed by atoms with Crippen molar-refractivity contribution in [3.63, 3.8) is 0 Å². The Morgan fingerprint density at radius 3 is 2.74 bits per heavy atom. The molecule has 1 atom stereocenters. The molecule has 0 fully saturated rings. The van der Waals surface area contributed by atoms with Crippen LogP contribution in [0.25, 0.3) is 0 Å². The Kier molecular flexibility index (Phi) is 5.98. The van der Waals surface area contributed by atoms with Crippen LogP contribution >= 0.6 is 0 Å². The molecular formula is C13H19N3O3. The molecule has 0 spiro atoms. The van der Waals surface area contributed by atoms with Crippen LogP contribution in [0.2, 0.25) is 0 Å². The van der Waals surface area contributed by atoms with Crippen LogP contribution < -0.4 is 16.4 Å². The predicted molar refractivity (Wildman–Crippen MR) is 72.9 cm³/mol. The molecule has 1 aromatic carbocycles. The molecule has 0 aliphatic rings. The van der Waals surface area contributed by atoms with Crippen LogP contribution in [0.3, 0.4) is 0 Å². The lowest BCUT2D eigenvalue weighted by Gasteiger charge is -2.13. The molecule has 6 heteroatoms. The molecule has 0 aliphatic heterocycles. The number of carbonyl (C=O) groups excluding carboxylic acids is 2. The van der Waals surface area contributed by atoms with Gasteiger partial charge in [-0.1, -0.05) is 6.07 Å². The summed E-state index contributed by atoms with van der Waals surface area (Å²) in [5.74, 6) is -0.404. The third kappa shape index (κ3) is 4.69. The van der Waals surface area contributed by atoms with E-state index in [-0.39, 0.29) is 30.9 Å². The Bertz CT molecular complexity index is 445. The summed E-state index contributed by atoms with van der Waals surface area (Å²) in [5, 5.41) is 5.23. The first kappa shape index (κ1) is 15.1.